The zero-order valence-electron chi connectivity index (χ0n) is 7.87. The maximum atomic E-state index is 12.7. The van der Waals surface area contributed by atoms with Crippen LogP contribution < -0.4 is 0 Å². The Bertz CT molecular complexity index is 188. The molecule has 2 atom stereocenters. The summed E-state index contributed by atoms with van der Waals surface area (Å²) in [5, 5.41) is 8.35. The molecule has 0 rings (SSSR count). The quantitative estimate of drug-likeness (QED) is 0.709. The van der Waals surface area contributed by atoms with Gasteiger partial charge in [-0.1, -0.05) is 20.8 Å². The molecule has 0 heterocycles. The second-order valence-electron chi connectivity index (χ2n) is 3.85. The van der Waals surface area contributed by atoms with Gasteiger partial charge in [-0.15, -0.1) is 0 Å². The predicted octanol–water partition coefficient (Wildman–Crippen LogP) is 2.55. The van der Waals surface area contributed by atoms with Crippen molar-refractivity contribution in [2.24, 2.45) is 5.41 Å². The zero-order valence-corrected chi connectivity index (χ0v) is 8.77. The predicted molar refractivity (Wildman–Crippen MR) is 45.8 cm³/mol. The van der Waals surface area contributed by atoms with E-state index in [1.807, 2.05) is 20.8 Å². The van der Waals surface area contributed by atoms with Crippen molar-refractivity contribution in [2.45, 2.75) is 33.8 Å². The Labute approximate surface area is 72.5 Å². The van der Waals surface area contributed by atoms with Gasteiger partial charge in [0.25, 0.3) is 0 Å². The van der Waals surface area contributed by atoms with Crippen molar-refractivity contribution < 1.29 is 18.4 Å². The molecule has 0 aliphatic heterocycles. The monoisotopic (exact) mass is 198 g/mol. The van der Waals surface area contributed by atoms with Crippen molar-refractivity contribution in [2.75, 3.05) is 6.35 Å². The van der Waals surface area contributed by atoms with Crippen molar-refractivity contribution in [1.29, 1.82) is 0 Å². The molecule has 0 fully saturated rings. The average molecular weight is 198 g/mol. The second-order valence-corrected chi connectivity index (χ2v) is 5.52. The van der Waals surface area contributed by atoms with Crippen LogP contribution in [0.5, 0.6) is 0 Å². The highest BCUT2D eigenvalue weighted by Gasteiger charge is 2.30. The molecule has 0 aromatic rings. The Kier molecular flexibility index (Phi) is 3.88. The van der Waals surface area contributed by atoms with Gasteiger partial charge >= 0.3 is 7.68 Å². The maximum absolute atomic E-state index is 12.7. The van der Waals surface area contributed by atoms with E-state index in [1.54, 1.807) is 6.92 Å². The van der Waals surface area contributed by atoms with Gasteiger partial charge in [0.05, 0.1) is 6.10 Å². The second kappa shape index (κ2) is 3.86. The first kappa shape index (κ1) is 12.1. The third-order valence-corrected chi connectivity index (χ3v) is 2.67. The van der Waals surface area contributed by atoms with E-state index in [0.717, 1.165) is 0 Å². The molecule has 12 heavy (non-hydrogen) atoms. The minimum atomic E-state index is -4.27. The number of hydrogen-bond donors (Lipinski definition) is 1. The summed E-state index contributed by atoms with van der Waals surface area (Å²) in [6, 6.07) is 0. The summed E-state index contributed by atoms with van der Waals surface area (Å²) in [6.45, 7) is 7.15. The van der Waals surface area contributed by atoms with Gasteiger partial charge in [-0.3, -0.25) is 4.57 Å². The van der Waals surface area contributed by atoms with Gasteiger partial charge < -0.3 is 9.63 Å². The molecule has 0 saturated heterocycles. The summed E-state index contributed by atoms with van der Waals surface area (Å²) in [5.41, 5.74) is -0.281. The molecule has 5 heteroatoms. The number of aliphatic hydroxyl groups excluding tert-OH is 1. The molecule has 0 radical (unpaired) electrons. The lowest BCUT2D eigenvalue weighted by Gasteiger charge is -2.27. The van der Waals surface area contributed by atoms with Crippen LogP contribution in [0.4, 0.5) is 4.20 Å². The third kappa shape index (κ3) is 4.19. The van der Waals surface area contributed by atoms with E-state index in [1.165, 1.54) is 0 Å². The first-order chi connectivity index (χ1) is 5.19. The molecule has 0 amide bonds. The summed E-state index contributed by atoms with van der Waals surface area (Å²) < 4.78 is 28.0. The molecule has 3 nitrogen and oxygen atoms in total. The summed E-state index contributed by atoms with van der Waals surface area (Å²) in [5.74, 6) is 0. The molecule has 0 aliphatic rings. The Balaban J connectivity index is 4.19. The molecule has 0 bridgehead atoms. The maximum Gasteiger partial charge on any atom is 0.392 e. The lowest BCUT2D eigenvalue weighted by atomic mass is 9.91. The van der Waals surface area contributed by atoms with Gasteiger partial charge in [0.15, 0.2) is 0 Å². The molecule has 0 aromatic heterocycles. The van der Waals surface area contributed by atoms with Crippen molar-refractivity contribution in [3.63, 3.8) is 0 Å². The van der Waals surface area contributed by atoms with Crippen LogP contribution in [0.3, 0.4) is 0 Å². The summed E-state index contributed by atoms with van der Waals surface area (Å²) in [7, 11) is -4.27. The van der Waals surface area contributed by atoms with Gasteiger partial charge in [0, 0.05) is 0 Å². The van der Waals surface area contributed by atoms with E-state index < -0.39 is 20.1 Å². The molecule has 74 valence electrons. The highest BCUT2D eigenvalue weighted by molar-refractivity contribution is 7.53. The molecule has 0 aliphatic carbocycles. The minimum Gasteiger partial charge on any atom is -0.383 e. The van der Waals surface area contributed by atoms with Crippen LogP contribution in [-0.4, -0.2) is 17.6 Å². The minimum absolute atomic E-state index is 0.281. The normalized spacial score (nSPS) is 20.2. The fourth-order valence-corrected chi connectivity index (χ4v) is 1.28. The molecule has 2 unspecified atom stereocenters. The topological polar surface area (TPSA) is 46.5 Å². The average Bonchev–Trinajstić information content (AvgIpc) is 1.85. The van der Waals surface area contributed by atoms with Crippen molar-refractivity contribution >= 4 is 7.68 Å². The van der Waals surface area contributed by atoms with Crippen LogP contribution in [0.1, 0.15) is 27.7 Å². The first-order valence-corrected chi connectivity index (χ1v) is 5.47. The van der Waals surface area contributed by atoms with E-state index in [9.17, 15) is 8.76 Å². The van der Waals surface area contributed by atoms with Gasteiger partial charge in [-0.25, -0.2) is 0 Å². The Hall–Kier alpha value is 0.0800. The summed E-state index contributed by atoms with van der Waals surface area (Å²) in [6.07, 6.45) is -1.53. The SMILES string of the molecule is CC(OP(=O)(F)CO)C(C)(C)C. The molecular formula is C7H16FO3P. The van der Waals surface area contributed by atoms with Gasteiger partial charge in [0.1, 0.15) is 6.35 Å². The van der Waals surface area contributed by atoms with E-state index in [-0.39, 0.29) is 5.41 Å². The lowest BCUT2D eigenvalue weighted by molar-refractivity contribution is 0.0911. The van der Waals surface area contributed by atoms with Crippen molar-refractivity contribution in [1.82, 2.24) is 0 Å². The third-order valence-electron chi connectivity index (χ3n) is 1.70. The van der Waals surface area contributed by atoms with Crippen LogP contribution in [-0.2, 0) is 9.09 Å². The zero-order chi connectivity index (χ0) is 9.99. The van der Waals surface area contributed by atoms with Crippen LogP contribution in [0.2, 0.25) is 0 Å². The number of aliphatic hydroxyl groups is 1. The van der Waals surface area contributed by atoms with Crippen LogP contribution in [0, 0.1) is 5.41 Å². The van der Waals surface area contributed by atoms with Gasteiger partial charge in [0.2, 0.25) is 0 Å². The molecule has 0 spiro atoms. The van der Waals surface area contributed by atoms with Crippen molar-refractivity contribution in [3.8, 4) is 0 Å². The number of halogens is 1. The van der Waals surface area contributed by atoms with Gasteiger partial charge in [-0.2, -0.15) is 4.20 Å². The van der Waals surface area contributed by atoms with Crippen molar-refractivity contribution in [3.05, 3.63) is 0 Å². The lowest BCUT2D eigenvalue weighted by Crippen LogP contribution is -2.24. The van der Waals surface area contributed by atoms with Gasteiger partial charge in [-0.05, 0) is 12.3 Å². The molecule has 0 saturated carbocycles. The summed E-state index contributed by atoms with van der Waals surface area (Å²) in [4.78, 5) is 0. The Morgan fingerprint density at radius 3 is 2.25 bits per heavy atom. The molecule has 1 N–H and O–H groups in total. The van der Waals surface area contributed by atoms with Crippen LogP contribution >= 0.6 is 7.68 Å². The Morgan fingerprint density at radius 1 is 1.58 bits per heavy atom. The smallest absolute Gasteiger partial charge is 0.383 e. The van der Waals surface area contributed by atoms with E-state index in [4.69, 9.17) is 5.11 Å². The standard InChI is InChI=1S/C7H16FO3P/c1-6(7(2,3)4)11-12(8,10)5-9/h6,9H,5H2,1-4H3. The highest BCUT2D eigenvalue weighted by Crippen LogP contribution is 2.50. The fourth-order valence-electron chi connectivity index (χ4n) is 0.428. The van der Waals surface area contributed by atoms with E-state index in [0.29, 0.717) is 0 Å². The first-order valence-electron chi connectivity index (χ1n) is 3.77. The molecule has 0 aromatic carbocycles. The van der Waals surface area contributed by atoms with Crippen LogP contribution in [0.15, 0.2) is 0 Å². The van der Waals surface area contributed by atoms with Crippen LogP contribution in [0.25, 0.3) is 0 Å². The number of hydrogen-bond acceptors (Lipinski definition) is 3. The van der Waals surface area contributed by atoms with E-state index >= 15 is 0 Å². The van der Waals surface area contributed by atoms with E-state index in [2.05, 4.69) is 4.52 Å². The largest absolute Gasteiger partial charge is 0.392 e. The number of rotatable bonds is 3. The Morgan fingerprint density at radius 2 is 2.00 bits per heavy atom. The molecular weight excluding hydrogens is 182 g/mol. The fraction of sp³-hybridized carbons (Fsp3) is 1.00. The summed E-state index contributed by atoms with van der Waals surface area (Å²) >= 11 is 0. The highest BCUT2D eigenvalue weighted by atomic mass is 31.2.